The highest BCUT2D eigenvalue weighted by Gasteiger charge is 2.21. The van der Waals surface area contributed by atoms with Gasteiger partial charge < -0.3 is 15.4 Å². The van der Waals surface area contributed by atoms with Crippen molar-refractivity contribution in [2.75, 3.05) is 0 Å². The maximum absolute atomic E-state index is 11.3. The molecule has 0 aliphatic heterocycles. The molecule has 0 radical (unpaired) electrons. The molecule has 3 N–H and O–H groups in total. The Labute approximate surface area is 109 Å². The summed E-state index contributed by atoms with van der Waals surface area (Å²) in [5, 5.41) is 11.6. The van der Waals surface area contributed by atoms with Crippen molar-refractivity contribution in [1.29, 1.82) is 0 Å². The number of nitrogens with one attached hydrogen (secondary N) is 2. The molecule has 6 nitrogen and oxygen atoms in total. The van der Waals surface area contributed by atoms with E-state index in [2.05, 4.69) is 15.3 Å². The fourth-order valence-corrected chi connectivity index (χ4v) is 1.79. The monoisotopic (exact) mass is 261 g/mol. The fourth-order valence-electron chi connectivity index (χ4n) is 1.79. The molecule has 0 unspecified atom stereocenters. The Balaban J connectivity index is 2.16. The number of fused-ring (bicyclic) bond motifs is 1. The molecule has 1 amide bonds. The summed E-state index contributed by atoms with van der Waals surface area (Å²) in [6, 6.07) is 6.48. The summed E-state index contributed by atoms with van der Waals surface area (Å²) in [4.78, 5) is 29.7. The van der Waals surface area contributed by atoms with Gasteiger partial charge in [-0.25, -0.2) is 9.78 Å². The maximum Gasteiger partial charge on any atom is 0.326 e. The number of aromatic nitrogens is 2. The summed E-state index contributed by atoms with van der Waals surface area (Å²) in [5.74, 6) is -0.809. The van der Waals surface area contributed by atoms with E-state index in [1.165, 1.54) is 0 Å². The molecule has 100 valence electrons. The van der Waals surface area contributed by atoms with Crippen LogP contribution in [0.15, 0.2) is 24.3 Å². The van der Waals surface area contributed by atoms with Gasteiger partial charge in [-0.05, 0) is 12.1 Å². The second-order valence-electron chi connectivity index (χ2n) is 4.22. The Morgan fingerprint density at radius 3 is 2.79 bits per heavy atom. The summed E-state index contributed by atoms with van der Waals surface area (Å²) in [7, 11) is 0. The molecule has 1 aromatic carbocycles. The number of benzene rings is 1. The highest BCUT2D eigenvalue weighted by molar-refractivity contribution is 5.83. The summed E-state index contributed by atoms with van der Waals surface area (Å²) in [6.45, 7) is 1.68. The Bertz CT molecular complexity index is 573. The van der Waals surface area contributed by atoms with Gasteiger partial charge in [0.1, 0.15) is 11.9 Å². The molecule has 0 spiro atoms. The molecule has 19 heavy (non-hydrogen) atoms. The SMILES string of the molecule is CCC(=O)N[C@H](Cc1nc2ccccc2[nH]1)C(=O)O. The summed E-state index contributed by atoms with van der Waals surface area (Å²) in [5.41, 5.74) is 1.63. The Morgan fingerprint density at radius 1 is 1.42 bits per heavy atom. The van der Waals surface area contributed by atoms with E-state index in [9.17, 15) is 9.59 Å². The van der Waals surface area contributed by atoms with E-state index >= 15 is 0 Å². The van der Waals surface area contributed by atoms with Crippen molar-refractivity contribution < 1.29 is 14.7 Å². The minimum Gasteiger partial charge on any atom is -0.480 e. The van der Waals surface area contributed by atoms with Crippen LogP contribution in [0.2, 0.25) is 0 Å². The Kier molecular flexibility index (Phi) is 3.79. The number of carboxylic acid groups (broad SMARTS) is 1. The van der Waals surface area contributed by atoms with Gasteiger partial charge >= 0.3 is 5.97 Å². The van der Waals surface area contributed by atoms with Crippen LogP contribution in [-0.4, -0.2) is 33.0 Å². The van der Waals surface area contributed by atoms with Crippen molar-refractivity contribution in [3.05, 3.63) is 30.1 Å². The van der Waals surface area contributed by atoms with Gasteiger partial charge in [0.25, 0.3) is 0 Å². The number of carbonyl (C=O) groups is 2. The molecule has 0 saturated heterocycles. The first-order valence-electron chi connectivity index (χ1n) is 6.06. The zero-order chi connectivity index (χ0) is 13.8. The van der Waals surface area contributed by atoms with E-state index in [0.29, 0.717) is 5.82 Å². The van der Waals surface area contributed by atoms with Crippen LogP contribution in [0.3, 0.4) is 0 Å². The van der Waals surface area contributed by atoms with E-state index < -0.39 is 12.0 Å². The highest BCUT2D eigenvalue weighted by atomic mass is 16.4. The number of para-hydroxylation sites is 2. The first-order chi connectivity index (χ1) is 9.10. The fraction of sp³-hybridized carbons (Fsp3) is 0.308. The first kappa shape index (κ1) is 13.1. The van der Waals surface area contributed by atoms with Crippen LogP contribution in [0.4, 0.5) is 0 Å². The number of carbonyl (C=O) groups excluding carboxylic acids is 1. The summed E-state index contributed by atoms with van der Waals surface area (Å²) >= 11 is 0. The van der Waals surface area contributed by atoms with Crippen LogP contribution < -0.4 is 5.32 Å². The molecule has 6 heteroatoms. The molecule has 0 aliphatic rings. The molecular formula is C13H15N3O3. The minimum atomic E-state index is -1.07. The number of nitrogens with zero attached hydrogens (tertiary/aromatic N) is 1. The lowest BCUT2D eigenvalue weighted by Gasteiger charge is -2.12. The van der Waals surface area contributed by atoms with Gasteiger partial charge in [-0.3, -0.25) is 4.79 Å². The standard InChI is InChI=1S/C13H15N3O3/c1-2-12(17)16-10(13(18)19)7-11-14-8-5-3-4-6-9(8)15-11/h3-6,10H,2,7H2,1H3,(H,14,15)(H,16,17)(H,18,19)/t10-/m1/s1. The number of hydrogen-bond donors (Lipinski definition) is 3. The van der Waals surface area contributed by atoms with E-state index in [0.717, 1.165) is 11.0 Å². The largest absolute Gasteiger partial charge is 0.480 e. The number of H-pyrrole nitrogens is 1. The lowest BCUT2D eigenvalue weighted by atomic mass is 10.2. The Hall–Kier alpha value is -2.37. The van der Waals surface area contributed by atoms with Gasteiger partial charge in [-0.1, -0.05) is 19.1 Å². The number of imidazole rings is 1. The van der Waals surface area contributed by atoms with Crippen LogP contribution in [0.25, 0.3) is 11.0 Å². The molecule has 1 heterocycles. The third-order valence-corrected chi connectivity index (χ3v) is 2.79. The van der Waals surface area contributed by atoms with Gasteiger partial charge in [0.2, 0.25) is 5.91 Å². The van der Waals surface area contributed by atoms with E-state index in [4.69, 9.17) is 5.11 Å². The minimum absolute atomic E-state index is 0.135. The van der Waals surface area contributed by atoms with Gasteiger partial charge in [0.05, 0.1) is 11.0 Å². The number of hydrogen-bond acceptors (Lipinski definition) is 3. The average Bonchev–Trinajstić information content (AvgIpc) is 2.79. The zero-order valence-corrected chi connectivity index (χ0v) is 10.5. The number of aromatic amines is 1. The summed E-state index contributed by atoms with van der Waals surface area (Å²) in [6.07, 6.45) is 0.389. The quantitative estimate of drug-likeness (QED) is 0.750. The topological polar surface area (TPSA) is 95.1 Å². The van der Waals surface area contributed by atoms with Crippen molar-refractivity contribution >= 4 is 22.9 Å². The van der Waals surface area contributed by atoms with E-state index in [1.54, 1.807) is 6.92 Å². The molecule has 2 aromatic rings. The zero-order valence-electron chi connectivity index (χ0n) is 10.5. The molecule has 2 rings (SSSR count). The maximum atomic E-state index is 11.3. The molecule has 0 bridgehead atoms. The Morgan fingerprint density at radius 2 is 2.16 bits per heavy atom. The normalized spacial score (nSPS) is 12.3. The van der Waals surface area contributed by atoms with Crippen molar-refractivity contribution in [1.82, 2.24) is 15.3 Å². The van der Waals surface area contributed by atoms with E-state index in [1.807, 2.05) is 24.3 Å². The summed E-state index contributed by atoms with van der Waals surface area (Å²) < 4.78 is 0. The molecule has 0 aliphatic carbocycles. The molecule has 0 fully saturated rings. The third-order valence-electron chi connectivity index (χ3n) is 2.79. The number of rotatable bonds is 5. The van der Waals surface area contributed by atoms with Gasteiger partial charge in [0, 0.05) is 12.8 Å². The predicted molar refractivity (Wildman–Crippen MR) is 69.7 cm³/mol. The van der Waals surface area contributed by atoms with Gasteiger partial charge in [0.15, 0.2) is 0 Å². The van der Waals surface area contributed by atoms with Crippen LogP contribution in [0.5, 0.6) is 0 Å². The number of aliphatic carboxylic acids is 1. The molecule has 0 saturated carbocycles. The predicted octanol–water partition coefficient (Wildman–Crippen LogP) is 1.08. The van der Waals surface area contributed by atoms with Crippen LogP contribution in [-0.2, 0) is 16.0 Å². The average molecular weight is 261 g/mol. The molecule has 1 atom stereocenters. The van der Waals surface area contributed by atoms with Crippen LogP contribution >= 0.6 is 0 Å². The van der Waals surface area contributed by atoms with Crippen molar-refractivity contribution in [2.24, 2.45) is 0 Å². The first-order valence-corrected chi connectivity index (χ1v) is 6.06. The third kappa shape index (κ3) is 3.09. The number of amides is 1. The molecular weight excluding hydrogens is 246 g/mol. The smallest absolute Gasteiger partial charge is 0.326 e. The highest BCUT2D eigenvalue weighted by Crippen LogP contribution is 2.11. The van der Waals surface area contributed by atoms with Crippen molar-refractivity contribution in [2.45, 2.75) is 25.8 Å². The number of carboxylic acids is 1. The van der Waals surface area contributed by atoms with Crippen molar-refractivity contribution in [3.63, 3.8) is 0 Å². The lowest BCUT2D eigenvalue weighted by molar-refractivity contribution is -0.141. The van der Waals surface area contributed by atoms with Crippen LogP contribution in [0, 0.1) is 0 Å². The second kappa shape index (κ2) is 5.51. The van der Waals surface area contributed by atoms with Gasteiger partial charge in [-0.15, -0.1) is 0 Å². The van der Waals surface area contributed by atoms with Crippen LogP contribution in [0.1, 0.15) is 19.2 Å². The van der Waals surface area contributed by atoms with E-state index in [-0.39, 0.29) is 18.7 Å². The lowest BCUT2D eigenvalue weighted by Crippen LogP contribution is -2.42. The van der Waals surface area contributed by atoms with Gasteiger partial charge in [-0.2, -0.15) is 0 Å². The second-order valence-corrected chi connectivity index (χ2v) is 4.22. The molecule has 1 aromatic heterocycles. The van der Waals surface area contributed by atoms with Crippen molar-refractivity contribution in [3.8, 4) is 0 Å².